The van der Waals surface area contributed by atoms with Crippen LogP contribution in [0.4, 0.5) is 8.78 Å². The Hall–Kier alpha value is -2.02. The van der Waals surface area contributed by atoms with Gasteiger partial charge in [0, 0.05) is 38.6 Å². The molecule has 2 amide bonds. The number of carbonyl (C=O) groups excluding carboxylic acids is 2. The van der Waals surface area contributed by atoms with Gasteiger partial charge in [0.05, 0.1) is 6.54 Å². The number of piperazine rings is 1. The predicted molar refractivity (Wildman–Crippen MR) is 88.9 cm³/mol. The summed E-state index contributed by atoms with van der Waals surface area (Å²) in [5.74, 6) is -0.987. The predicted octanol–water partition coefficient (Wildman–Crippen LogP) is 1.32. The first-order valence-electron chi connectivity index (χ1n) is 8.76. The maximum absolute atomic E-state index is 13.7. The van der Waals surface area contributed by atoms with Gasteiger partial charge >= 0.3 is 0 Å². The van der Waals surface area contributed by atoms with E-state index in [1.54, 1.807) is 4.90 Å². The number of nitrogens with one attached hydrogen (secondary N) is 1. The monoisotopic (exact) mass is 351 g/mol. The van der Waals surface area contributed by atoms with Crippen LogP contribution < -0.4 is 5.32 Å². The van der Waals surface area contributed by atoms with Crippen LogP contribution in [-0.4, -0.2) is 60.4 Å². The summed E-state index contributed by atoms with van der Waals surface area (Å²) < 4.78 is 26.9. The molecule has 25 heavy (non-hydrogen) atoms. The summed E-state index contributed by atoms with van der Waals surface area (Å²) in [5, 5.41) is 3.05. The Balaban J connectivity index is 1.56. The Morgan fingerprint density at radius 3 is 2.92 bits per heavy atom. The lowest BCUT2D eigenvalue weighted by molar-refractivity contribution is -0.140. The molecule has 1 atom stereocenters. The molecule has 0 bridgehead atoms. The van der Waals surface area contributed by atoms with Gasteiger partial charge in [-0.15, -0.1) is 0 Å². The Bertz CT molecular complexity index is 653. The molecule has 0 aromatic heterocycles. The Kier molecular flexibility index (Phi) is 5.63. The summed E-state index contributed by atoms with van der Waals surface area (Å²) >= 11 is 0. The number of aryl methyl sites for hydroxylation is 1. The van der Waals surface area contributed by atoms with Gasteiger partial charge in [-0.2, -0.15) is 0 Å². The van der Waals surface area contributed by atoms with Crippen molar-refractivity contribution < 1.29 is 18.4 Å². The number of likely N-dealkylation sites (tertiary alicyclic amines) is 1. The molecule has 7 heteroatoms. The number of carbonyl (C=O) groups is 2. The molecule has 3 rings (SSSR count). The average Bonchev–Trinajstić information content (AvgIpc) is 2.62. The summed E-state index contributed by atoms with van der Waals surface area (Å²) in [6.07, 6.45) is 2.06. The second kappa shape index (κ2) is 7.91. The summed E-state index contributed by atoms with van der Waals surface area (Å²) in [4.78, 5) is 28.1. The van der Waals surface area contributed by atoms with E-state index in [1.165, 1.54) is 0 Å². The highest BCUT2D eigenvalue weighted by Crippen LogP contribution is 2.19. The van der Waals surface area contributed by atoms with E-state index in [4.69, 9.17) is 0 Å². The number of halogens is 2. The van der Waals surface area contributed by atoms with Crippen molar-refractivity contribution in [2.24, 2.45) is 0 Å². The Morgan fingerprint density at radius 2 is 2.12 bits per heavy atom. The molecule has 2 heterocycles. The molecule has 0 radical (unpaired) electrons. The summed E-state index contributed by atoms with van der Waals surface area (Å²) in [6, 6.07) is 3.35. The van der Waals surface area contributed by atoms with Crippen molar-refractivity contribution in [1.82, 2.24) is 15.1 Å². The minimum Gasteiger partial charge on any atom is -0.341 e. The largest absolute Gasteiger partial charge is 0.341 e. The molecule has 1 unspecified atom stereocenters. The van der Waals surface area contributed by atoms with E-state index >= 15 is 0 Å². The van der Waals surface area contributed by atoms with Crippen molar-refractivity contribution >= 4 is 11.8 Å². The van der Waals surface area contributed by atoms with E-state index in [-0.39, 0.29) is 36.3 Å². The molecular formula is C18H23F2N3O2. The van der Waals surface area contributed by atoms with Gasteiger partial charge in [0.25, 0.3) is 0 Å². The first-order valence-corrected chi connectivity index (χ1v) is 8.76. The summed E-state index contributed by atoms with van der Waals surface area (Å²) in [6.45, 7) is 2.97. The van der Waals surface area contributed by atoms with Crippen molar-refractivity contribution in [1.29, 1.82) is 0 Å². The average molecular weight is 351 g/mol. The first kappa shape index (κ1) is 17.8. The van der Waals surface area contributed by atoms with Gasteiger partial charge in [0.1, 0.15) is 11.6 Å². The Labute approximate surface area is 146 Å². The lowest BCUT2D eigenvalue weighted by atomic mass is 10.0. The Morgan fingerprint density at radius 1 is 1.28 bits per heavy atom. The third kappa shape index (κ3) is 4.34. The molecule has 2 saturated heterocycles. The van der Waals surface area contributed by atoms with Crippen molar-refractivity contribution in [3.05, 3.63) is 35.4 Å². The highest BCUT2D eigenvalue weighted by Gasteiger charge is 2.31. The van der Waals surface area contributed by atoms with Crippen molar-refractivity contribution in [2.75, 3.05) is 32.7 Å². The molecule has 1 aromatic rings. The molecule has 136 valence electrons. The maximum atomic E-state index is 13.7. The van der Waals surface area contributed by atoms with Crippen LogP contribution in [0.25, 0.3) is 0 Å². The lowest BCUT2D eigenvalue weighted by Crippen LogP contribution is -2.57. The molecular weight excluding hydrogens is 328 g/mol. The quantitative estimate of drug-likeness (QED) is 0.890. The summed E-state index contributed by atoms with van der Waals surface area (Å²) in [7, 11) is 0. The second-order valence-corrected chi connectivity index (χ2v) is 6.64. The zero-order chi connectivity index (χ0) is 17.8. The fourth-order valence-electron chi connectivity index (χ4n) is 3.58. The second-order valence-electron chi connectivity index (χ2n) is 6.64. The standard InChI is InChI=1S/C18H23F2N3O2/c19-14-4-5-16(20)13(10-14)3-6-17(24)22-8-1-2-15(12-22)23-9-7-21-11-18(23)25/h4-5,10,15,21H,1-3,6-9,11-12H2. The van der Waals surface area contributed by atoms with Crippen LogP contribution in [0.15, 0.2) is 18.2 Å². The van der Waals surface area contributed by atoms with Crippen LogP contribution in [0.2, 0.25) is 0 Å². The zero-order valence-corrected chi connectivity index (χ0v) is 14.1. The van der Waals surface area contributed by atoms with E-state index in [9.17, 15) is 18.4 Å². The smallest absolute Gasteiger partial charge is 0.236 e. The molecule has 1 N–H and O–H groups in total. The van der Waals surface area contributed by atoms with E-state index in [1.807, 2.05) is 4.90 Å². The van der Waals surface area contributed by atoms with Gasteiger partial charge in [-0.05, 0) is 43.0 Å². The highest BCUT2D eigenvalue weighted by atomic mass is 19.1. The van der Waals surface area contributed by atoms with E-state index in [2.05, 4.69) is 5.32 Å². The fourth-order valence-corrected chi connectivity index (χ4v) is 3.58. The fraction of sp³-hybridized carbons (Fsp3) is 0.556. The van der Waals surface area contributed by atoms with Gasteiger partial charge in [0.2, 0.25) is 11.8 Å². The van der Waals surface area contributed by atoms with Gasteiger partial charge in [-0.3, -0.25) is 9.59 Å². The molecule has 1 aromatic carbocycles. The van der Waals surface area contributed by atoms with Gasteiger partial charge < -0.3 is 15.1 Å². The number of nitrogens with zero attached hydrogens (tertiary/aromatic N) is 2. The number of benzene rings is 1. The third-order valence-corrected chi connectivity index (χ3v) is 4.93. The number of hydrogen-bond donors (Lipinski definition) is 1. The van der Waals surface area contributed by atoms with Crippen molar-refractivity contribution in [2.45, 2.75) is 31.7 Å². The minimum atomic E-state index is -0.501. The van der Waals surface area contributed by atoms with Crippen LogP contribution in [0.1, 0.15) is 24.8 Å². The number of rotatable bonds is 4. The SMILES string of the molecule is O=C(CCc1cc(F)ccc1F)N1CCCC(N2CCNCC2=O)C1. The zero-order valence-electron chi connectivity index (χ0n) is 14.1. The van der Waals surface area contributed by atoms with Crippen LogP contribution in [-0.2, 0) is 16.0 Å². The first-order chi connectivity index (χ1) is 12.0. The van der Waals surface area contributed by atoms with Gasteiger partial charge in [0.15, 0.2) is 0 Å². The highest BCUT2D eigenvalue weighted by molar-refractivity contribution is 5.80. The molecule has 0 spiro atoms. The van der Waals surface area contributed by atoms with Crippen molar-refractivity contribution in [3.63, 3.8) is 0 Å². The molecule has 5 nitrogen and oxygen atoms in total. The number of amides is 2. The van der Waals surface area contributed by atoms with E-state index in [0.29, 0.717) is 26.2 Å². The van der Waals surface area contributed by atoms with Crippen LogP contribution in [0.3, 0.4) is 0 Å². The molecule has 2 fully saturated rings. The van der Waals surface area contributed by atoms with Gasteiger partial charge in [-0.1, -0.05) is 0 Å². The topological polar surface area (TPSA) is 52.7 Å². The number of hydrogen-bond acceptors (Lipinski definition) is 3. The maximum Gasteiger partial charge on any atom is 0.236 e. The van der Waals surface area contributed by atoms with Crippen molar-refractivity contribution in [3.8, 4) is 0 Å². The van der Waals surface area contributed by atoms with Crippen LogP contribution in [0, 0.1) is 11.6 Å². The van der Waals surface area contributed by atoms with E-state index < -0.39 is 11.6 Å². The van der Waals surface area contributed by atoms with Crippen LogP contribution in [0.5, 0.6) is 0 Å². The molecule has 0 aliphatic carbocycles. The van der Waals surface area contributed by atoms with Gasteiger partial charge in [-0.25, -0.2) is 8.78 Å². The third-order valence-electron chi connectivity index (χ3n) is 4.93. The number of piperidine rings is 1. The van der Waals surface area contributed by atoms with E-state index in [0.717, 1.165) is 37.6 Å². The molecule has 2 aliphatic rings. The summed E-state index contributed by atoms with van der Waals surface area (Å²) in [5.41, 5.74) is 0.221. The lowest BCUT2D eigenvalue weighted by Gasteiger charge is -2.41. The molecule has 2 aliphatic heterocycles. The molecule has 0 saturated carbocycles. The minimum absolute atomic E-state index is 0.0539. The normalized spacial score (nSPS) is 21.5. The van der Waals surface area contributed by atoms with Crippen LogP contribution >= 0.6 is 0 Å².